The van der Waals surface area contributed by atoms with Crippen LogP contribution in [0.5, 0.6) is 0 Å². The zero-order valence-electron chi connectivity index (χ0n) is 14.4. The molecular formula is C19H17N3O5. The summed E-state index contributed by atoms with van der Waals surface area (Å²) in [6, 6.07) is 8.06. The van der Waals surface area contributed by atoms with Gasteiger partial charge in [-0.05, 0) is 36.8 Å². The highest BCUT2D eigenvalue weighted by molar-refractivity contribution is 5.95. The van der Waals surface area contributed by atoms with Crippen LogP contribution in [0.1, 0.15) is 28.4 Å². The first-order chi connectivity index (χ1) is 13.1. The molecule has 0 aliphatic carbocycles. The molecule has 0 spiro atoms. The van der Waals surface area contributed by atoms with Gasteiger partial charge in [0.1, 0.15) is 11.6 Å². The number of carbonyl (C=O) groups is 2. The van der Waals surface area contributed by atoms with Crippen LogP contribution in [0, 0.1) is 0 Å². The SMILES string of the molecule is O=C(COC(=O)c1ccc2c(=O)n3c(nc2c1)CCC3)NCc1ccco1. The minimum absolute atomic E-state index is 0.0929. The Morgan fingerprint density at radius 1 is 1.30 bits per heavy atom. The van der Waals surface area contributed by atoms with Crippen molar-refractivity contribution >= 4 is 22.8 Å². The van der Waals surface area contributed by atoms with Crippen molar-refractivity contribution in [3.63, 3.8) is 0 Å². The molecule has 0 unspecified atom stereocenters. The van der Waals surface area contributed by atoms with Crippen molar-refractivity contribution in [2.75, 3.05) is 6.61 Å². The Balaban J connectivity index is 1.42. The van der Waals surface area contributed by atoms with Gasteiger partial charge in [0.2, 0.25) is 0 Å². The van der Waals surface area contributed by atoms with Crippen molar-refractivity contribution in [3.05, 3.63) is 64.1 Å². The largest absolute Gasteiger partial charge is 0.467 e. The Hall–Kier alpha value is -3.42. The number of furan rings is 1. The molecule has 1 aliphatic heterocycles. The zero-order chi connectivity index (χ0) is 18.8. The number of hydrogen-bond donors (Lipinski definition) is 1. The van der Waals surface area contributed by atoms with Gasteiger partial charge in [-0.2, -0.15) is 0 Å². The highest BCUT2D eigenvalue weighted by Crippen LogP contribution is 2.16. The van der Waals surface area contributed by atoms with Gasteiger partial charge in [0.15, 0.2) is 6.61 Å². The van der Waals surface area contributed by atoms with E-state index in [9.17, 15) is 14.4 Å². The molecule has 4 rings (SSSR count). The second-order valence-corrected chi connectivity index (χ2v) is 6.25. The maximum Gasteiger partial charge on any atom is 0.338 e. The van der Waals surface area contributed by atoms with E-state index in [4.69, 9.17) is 9.15 Å². The van der Waals surface area contributed by atoms with E-state index in [2.05, 4.69) is 10.3 Å². The molecule has 0 saturated carbocycles. The molecule has 1 aromatic carbocycles. The Labute approximate surface area is 153 Å². The molecule has 0 fully saturated rings. The highest BCUT2D eigenvalue weighted by atomic mass is 16.5. The smallest absolute Gasteiger partial charge is 0.338 e. The fourth-order valence-corrected chi connectivity index (χ4v) is 3.08. The summed E-state index contributed by atoms with van der Waals surface area (Å²) in [6.07, 6.45) is 3.15. The summed E-state index contributed by atoms with van der Waals surface area (Å²) in [5.41, 5.74) is 0.616. The summed E-state index contributed by atoms with van der Waals surface area (Å²) in [5.74, 6) is 0.256. The van der Waals surface area contributed by atoms with Crippen molar-refractivity contribution in [2.24, 2.45) is 0 Å². The van der Waals surface area contributed by atoms with Gasteiger partial charge in [-0.15, -0.1) is 0 Å². The third-order valence-corrected chi connectivity index (χ3v) is 4.43. The maximum atomic E-state index is 12.4. The van der Waals surface area contributed by atoms with Gasteiger partial charge in [-0.3, -0.25) is 14.2 Å². The Morgan fingerprint density at radius 3 is 3.00 bits per heavy atom. The van der Waals surface area contributed by atoms with E-state index in [1.165, 1.54) is 18.4 Å². The molecule has 27 heavy (non-hydrogen) atoms. The first kappa shape index (κ1) is 17.0. The topological polar surface area (TPSA) is 103 Å². The van der Waals surface area contributed by atoms with Crippen LogP contribution < -0.4 is 10.9 Å². The quantitative estimate of drug-likeness (QED) is 0.684. The van der Waals surface area contributed by atoms with Gasteiger partial charge in [-0.25, -0.2) is 9.78 Å². The summed E-state index contributed by atoms with van der Waals surface area (Å²) in [6.45, 7) is 0.490. The van der Waals surface area contributed by atoms with Crippen LogP contribution in [0.3, 0.4) is 0 Å². The molecule has 3 heterocycles. The lowest BCUT2D eigenvalue weighted by molar-refractivity contribution is -0.124. The minimum atomic E-state index is -0.646. The lowest BCUT2D eigenvalue weighted by Crippen LogP contribution is -2.28. The average Bonchev–Trinajstić information content (AvgIpc) is 3.36. The van der Waals surface area contributed by atoms with Crippen LogP contribution in [-0.2, 0) is 29.0 Å². The first-order valence-corrected chi connectivity index (χ1v) is 8.61. The van der Waals surface area contributed by atoms with Gasteiger partial charge >= 0.3 is 5.97 Å². The number of ether oxygens (including phenoxy) is 1. The normalized spacial score (nSPS) is 12.7. The van der Waals surface area contributed by atoms with Crippen LogP contribution >= 0.6 is 0 Å². The summed E-state index contributed by atoms with van der Waals surface area (Å²) in [5, 5.41) is 3.06. The van der Waals surface area contributed by atoms with Crippen LogP contribution in [-0.4, -0.2) is 28.0 Å². The monoisotopic (exact) mass is 367 g/mol. The van der Waals surface area contributed by atoms with Crippen LogP contribution in [0.4, 0.5) is 0 Å². The molecule has 8 heteroatoms. The number of aryl methyl sites for hydroxylation is 1. The van der Waals surface area contributed by atoms with E-state index >= 15 is 0 Å². The van der Waals surface area contributed by atoms with Crippen molar-refractivity contribution in [3.8, 4) is 0 Å². The number of hydrogen-bond acceptors (Lipinski definition) is 6. The summed E-state index contributed by atoms with van der Waals surface area (Å²) in [7, 11) is 0. The van der Waals surface area contributed by atoms with E-state index in [-0.39, 0.29) is 17.7 Å². The second kappa shape index (κ2) is 7.06. The van der Waals surface area contributed by atoms with Gasteiger partial charge in [0, 0.05) is 13.0 Å². The summed E-state index contributed by atoms with van der Waals surface area (Å²) < 4.78 is 11.8. The van der Waals surface area contributed by atoms with Crippen molar-refractivity contribution in [1.29, 1.82) is 0 Å². The molecule has 3 aromatic rings. The molecular weight excluding hydrogens is 350 g/mol. The van der Waals surface area contributed by atoms with Crippen LogP contribution in [0.25, 0.3) is 10.9 Å². The number of amides is 1. The Bertz CT molecular complexity index is 1070. The van der Waals surface area contributed by atoms with Crippen LogP contribution in [0.15, 0.2) is 45.8 Å². The van der Waals surface area contributed by atoms with E-state index in [1.54, 1.807) is 22.8 Å². The maximum absolute atomic E-state index is 12.4. The number of benzene rings is 1. The molecule has 0 saturated heterocycles. The number of nitrogens with zero attached hydrogens (tertiary/aromatic N) is 2. The van der Waals surface area contributed by atoms with E-state index in [0.29, 0.717) is 23.2 Å². The van der Waals surface area contributed by atoms with E-state index in [1.807, 2.05) is 0 Å². The average molecular weight is 367 g/mol. The van der Waals surface area contributed by atoms with Crippen molar-refractivity contribution in [1.82, 2.24) is 14.9 Å². The number of fused-ring (bicyclic) bond motifs is 2. The number of nitrogens with one attached hydrogen (secondary N) is 1. The molecule has 1 N–H and O–H groups in total. The summed E-state index contributed by atoms with van der Waals surface area (Å²) >= 11 is 0. The third kappa shape index (κ3) is 3.46. The number of esters is 1. The van der Waals surface area contributed by atoms with Crippen molar-refractivity contribution in [2.45, 2.75) is 25.9 Å². The Morgan fingerprint density at radius 2 is 2.19 bits per heavy atom. The molecule has 0 radical (unpaired) electrons. The van der Waals surface area contributed by atoms with E-state index < -0.39 is 18.5 Å². The first-order valence-electron chi connectivity index (χ1n) is 8.61. The molecule has 2 aromatic heterocycles. The molecule has 0 atom stereocenters. The fraction of sp³-hybridized carbons (Fsp3) is 0.263. The number of carbonyl (C=O) groups excluding carboxylic acids is 2. The van der Waals surface area contributed by atoms with Gasteiger partial charge in [0.25, 0.3) is 11.5 Å². The molecule has 1 aliphatic rings. The molecule has 0 bridgehead atoms. The number of rotatable bonds is 5. The van der Waals surface area contributed by atoms with Crippen molar-refractivity contribution < 1.29 is 18.7 Å². The number of aromatic nitrogens is 2. The molecule has 138 valence electrons. The zero-order valence-corrected chi connectivity index (χ0v) is 14.4. The molecule has 1 amide bonds. The van der Waals surface area contributed by atoms with Crippen LogP contribution in [0.2, 0.25) is 0 Å². The minimum Gasteiger partial charge on any atom is -0.467 e. The fourth-order valence-electron chi connectivity index (χ4n) is 3.08. The lowest BCUT2D eigenvalue weighted by Gasteiger charge is -2.08. The standard InChI is InChI=1S/C19H17N3O5/c23-17(20-10-13-3-2-8-26-13)11-27-19(25)12-5-6-14-15(9-12)21-16-4-1-7-22(16)18(14)24/h2-3,5-6,8-9H,1,4,7,10-11H2,(H,20,23). The lowest BCUT2D eigenvalue weighted by atomic mass is 10.1. The summed E-state index contributed by atoms with van der Waals surface area (Å²) in [4.78, 5) is 40.9. The third-order valence-electron chi connectivity index (χ3n) is 4.43. The molecule has 8 nitrogen and oxygen atoms in total. The van der Waals surface area contributed by atoms with Gasteiger partial charge in [0.05, 0.1) is 29.3 Å². The van der Waals surface area contributed by atoms with E-state index in [0.717, 1.165) is 18.7 Å². The predicted molar refractivity (Wildman–Crippen MR) is 95.2 cm³/mol. The van der Waals surface area contributed by atoms with Gasteiger partial charge < -0.3 is 14.5 Å². The predicted octanol–water partition coefficient (Wildman–Crippen LogP) is 1.41. The second-order valence-electron chi connectivity index (χ2n) is 6.25. The Kier molecular flexibility index (Phi) is 4.45. The highest BCUT2D eigenvalue weighted by Gasteiger charge is 2.18. The van der Waals surface area contributed by atoms with Gasteiger partial charge in [-0.1, -0.05) is 0 Å².